The van der Waals surface area contributed by atoms with Gasteiger partial charge in [-0.2, -0.15) is 0 Å². The van der Waals surface area contributed by atoms with Crippen molar-refractivity contribution in [3.63, 3.8) is 0 Å². The van der Waals surface area contributed by atoms with Crippen LogP contribution in [0.15, 0.2) is 30.4 Å². The van der Waals surface area contributed by atoms with Gasteiger partial charge in [0, 0.05) is 11.5 Å². The third-order valence-electron chi connectivity index (χ3n) is 2.89. The van der Waals surface area contributed by atoms with Gasteiger partial charge in [0.25, 0.3) is 0 Å². The predicted molar refractivity (Wildman–Crippen MR) is 60.4 cm³/mol. The molecule has 1 N–H and O–H groups in total. The molecule has 1 atom stereocenters. The van der Waals surface area contributed by atoms with Crippen molar-refractivity contribution in [3.8, 4) is 11.5 Å². The molecule has 2 rings (SSSR count). The number of benzene rings is 1. The van der Waals surface area contributed by atoms with Gasteiger partial charge in [0.05, 0.1) is 7.11 Å². The zero-order valence-corrected chi connectivity index (χ0v) is 8.94. The molecule has 80 valence electrons. The predicted octanol–water partition coefficient (Wildman–Crippen LogP) is 3.22. The Kier molecular flexibility index (Phi) is 2.95. The third kappa shape index (κ3) is 2.14. The minimum Gasteiger partial charge on any atom is -0.508 e. The quantitative estimate of drug-likeness (QED) is 0.749. The highest BCUT2D eigenvalue weighted by atomic mass is 16.5. The molecule has 0 saturated heterocycles. The summed E-state index contributed by atoms with van der Waals surface area (Å²) >= 11 is 0. The summed E-state index contributed by atoms with van der Waals surface area (Å²) in [6, 6.07) is 5.41. The number of phenolic OH excluding ortho intramolecular Hbond substituents is 1. The van der Waals surface area contributed by atoms with Crippen LogP contribution in [0.5, 0.6) is 11.5 Å². The summed E-state index contributed by atoms with van der Waals surface area (Å²) in [6.07, 6.45) is 7.82. The number of hydrogen-bond donors (Lipinski definition) is 1. The second-order valence-electron chi connectivity index (χ2n) is 3.89. The van der Waals surface area contributed by atoms with Crippen molar-refractivity contribution >= 4 is 0 Å². The molecule has 0 amide bonds. The maximum Gasteiger partial charge on any atom is 0.119 e. The van der Waals surface area contributed by atoms with Gasteiger partial charge in [-0.1, -0.05) is 12.2 Å². The SMILES string of the molecule is COc1ccc(O)c(C2C=CCCC2)c1. The molecule has 0 heterocycles. The molecule has 1 aliphatic carbocycles. The molecule has 0 aliphatic heterocycles. The zero-order valence-electron chi connectivity index (χ0n) is 8.94. The Morgan fingerprint density at radius 3 is 2.93 bits per heavy atom. The van der Waals surface area contributed by atoms with Crippen LogP contribution in [0.1, 0.15) is 30.7 Å². The van der Waals surface area contributed by atoms with Crippen molar-refractivity contribution in [1.29, 1.82) is 0 Å². The molecule has 1 aromatic carbocycles. The van der Waals surface area contributed by atoms with Gasteiger partial charge in [0.1, 0.15) is 11.5 Å². The minimum atomic E-state index is 0.342. The van der Waals surface area contributed by atoms with E-state index in [2.05, 4.69) is 12.2 Å². The number of allylic oxidation sites excluding steroid dienone is 2. The second kappa shape index (κ2) is 4.39. The lowest BCUT2D eigenvalue weighted by Gasteiger charge is -2.18. The average molecular weight is 204 g/mol. The third-order valence-corrected chi connectivity index (χ3v) is 2.89. The Morgan fingerprint density at radius 2 is 2.27 bits per heavy atom. The van der Waals surface area contributed by atoms with Crippen molar-refractivity contribution in [2.24, 2.45) is 0 Å². The van der Waals surface area contributed by atoms with Crippen LogP contribution in [0.25, 0.3) is 0 Å². The topological polar surface area (TPSA) is 29.5 Å². The number of ether oxygens (including phenoxy) is 1. The van der Waals surface area contributed by atoms with E-state index < -0.39 is 0 Å². The first kappa shape index (κ1) is 10.1. The molecule has 1 aromatic rings. The Hall–Kier alpha value is -1.44. The van der Waals surface area contributed by atoms with Crippen molar-refractivity contribution in [3.05, 3.63) is 35.9 Å². The minimum absolute atomic E-state index is 0.342. The van der Waals surface area contributed by atoms with Gasteiger partial charge < -0.3 is 9.84 Å². The number of hydrogen-bond acceptors (Lipinski definition) is 2. The molecule has 1 unspecified atom stereocenters. The smallest absolute Gasteiger partial charge is 0.119 e. The van der Waals surface area contributed by atoms with E-state index in [-0.39, 0.29) is 0 Å². The maximum absolute atomic E-state index is 9.79. The van der Waals surface area contributed by atoms with E-state index in [1.54, 1.807) is 19.2 Å². The molecular weight excluding hydrogens is 188 g/mol. The molecule has 0 bridgehead atoms. The van der Waals surface area contributed by atoms with Crippen LogP contribution in [0.4, 0.5) is 0 Å². The fourth-order valence-electron chi connectivity index (χ4n) is 2.03. The summed E-state index contributed by atoms with van der Waals surface area (Å²) in [7, 11) is 1.65. The summed E-state index contributed by atoms with van der Waals surface area (Å²) in [5, 5.41) is 9.79. The van der Waals surface area contributed by atoms with E-state index >= 15 is 0 Å². The summed E-state index contributed by atoms with van der Waals surface area (Å²) in [4.78, 5) is 0. The first-order chi connectivity index (χ1) is 7.31. The largest absolute Gasteiger partial charge is 0.508 e. The fraction of sp³-hybridized carbons (Fsp3) is 0.385. The fourth-order valence-corrected chi connectivity index (χ4v) is 2.03. The Bertz CT molecular complexity index is 369. The van der Waals surface area contributed by atoms with Crippen LogP contribution in [0.3, 0.4) is 0 Å². The van der Waals surface area contributed by atoms with Gasteiger partial charge >= 0.3 is 0 Å². The van der Waals surface area contributed by atoms with E-state index in [0.717, 1.165) is 24.2 Å². The highest BCUT2D eigenvalue weighted by molar-refractivity contribution is 5.43. The van der Waals surface area contributed by atoms with Crippen LogP contribution < -0.4 is 4.74 Å². The van der Waals surface area contributed by atoms with Crippen molar-refractivity contribution < 1.29 is 9.84 Å². The lowest BCUT2D eigenvalue weighted by Crippen LogP contribution is -2.00. The molecule has 1 aliphatic rings. The van der Waals surface area contributed by atoms with E-state index in [1.165, 1.54) is 6.42 Å². The second-order valence-corrected chi connectivity index (χ2v) is 3.89. The Balaban J connectivity index is 2.32. The molecule has 0 saturated carbocycles. The Morgan fingerprint density at radius 1 is 1.40 bits per heavy atom. The molecule has 2 heteroatoms. The van der Waals surface area contributed by atoms with Crippen LogP contribution in [-0.4, -0.2) is 12.2 Å². The number of rotatable bonds is 2. The maximum atomic E-state index is 9.79. The van der Waals surface area contributed by atoms with E-state index in [1.807, 2.05) is 6.07 Å². The van der Waals surface area contributed by atoms with E-state index in [0.29, 0.717) is 11.7 Å². The van der Waals surface area contributed by atoms with Crippen molar-refractivity contribution in [2.45, 2.75) is 25.2 Å². The van der Waals surface area contributed by atoms with E-state index in [4.69, 9.17) is 4.74 Å². The van der Waals surface area contributed by atoms with E-state index in [9.17, 15) is 5.11 Å². The lowest BCUT2D eigenvalue weighted by molar-refractivity contribution is 0.409. The number of aromatic hydroxyl groups is 1. The highest BCUT2D eigenvalue weighted by Gasteiger charge is 2.15. The summed E-state index contributed by atoms with van der Waals surface area (Å²) in [5.74, 6) is 1.52. The van der Waals surface area contributed by atoms with Gasteiger partial charge in [0.15, 0.2) is 0 Å². The lowest BCUT2D eigenvalue weighted by atomic mass is 9.89. The standard InChI is InChI=1S/C13H16O2/c1-15-11-7-8-13(14)12(9-11)10-5-3-2-4-6-10/h3,5,7-10,14H,2,4,6H2,1H3. The van der Waals surface area contributed by atoms with Gasteiger partial charge in [0.2, 0.25) is 0 Å². The summed E-state index contributed by atoms with van der Waals surface area (Å²) in [5.41, 5.74) is 0.977. The molecular formula is C13H16O2. The molecule has 0 radical (unpaired) electrons. The van der Waals surface area contributed by atoms with Gasteiger partial charge in [-0.25, -0.2) is 0 Å². The first-order valence-electron chi connectivity index (χ1n) is 5.35. The van der Waals surface area contributed by atoms with Gasteiger partial charge in [-0.05, 0) is 37.5 Å². The van der Waals surface area contributed by atoms with Crippen molar-refractivity contribution in [2.75, 3.05) is 7.11 Å². The normalized spacial score (nSPS) is 20.2. The van der Waals surface area contributed by atoms with Gasteiger partial charge in [-0.3, -0.25) is 0 Å². The monoisotopic (exact) mass is 204 g/mol. The zero-order chi connectivity index (χ0) is 10.7. The highest BCUT2D eigenvalue weighted by Crippen LogP contribution is 2.35. The molecule has 2 nitrogen and oxygen atoms in total. The van der Waals surface area contributed by atoms with Crippen LogP contribution in [-0.2, 0) is 0 Å². The molecule has 0 fully saturated rings. The molecule has 0 aromatic heterocycles. The van der Waals surface area contributed by atoms with Crippen LogP contribution >= 0.6 is 0 Å². The summed E-state index contributed by atoms with van der Waals surface area (Å²) in [6.45, 7) is 0. The number of phenols is 1. The van der Waals surface area contributed by atoms with Crippen molar-refractivity contribution in [1.82, 2.24) is 0 Å². The van der Waals surface area contributed by atoms with Crippen LogP contribution in [0.2, 0.25) is 0 Å². The summed E-state index contributed by atoms with van der Waals surface area (Å²) < 4.78 is 5.17. The average Bonchev–Trinajstić information content (AvgIpc) is 2.31. The van der Waals surface area contributed by atoms with Gasteiger partial charge in [-0.15, -0.1) is 0 Å². The Labute approximate surface area is 90.2 Å². The first-order valence-corrected chi connectivity index (χ1v) is 5.35. The molecule has 15 heavy (non-hydrogen) atoms. The number of methoxy groups -OCH3 is 1. The molecule has 0 spiro atoms. The van der Waals surface area contributed by atoms with Crippen LogP contribution in [0, 0.1) is 0 Å².